The predicted octanol–water partition coefficient (Wildman–Crippen LogP) is 3.67. The molecule has 3 aromatic rings. The van der Waals surface area contributed by atoms with E-state index in [1.54, 1.807) is 6.07 Å². The number of nitrogens with zero attached hydrogens (tertiary/aromatic N) is 4. The Bertz CT molecular complexity index is 985. The Morgan fingerprint density at radius 1 is 1.16 bits per heavy atom. The molecule has 0 aliphatic carbocycles. The molecule has 0 saturated heterocycles. The van der Waals surface area contributed by atoms with Gasteiger partial charge in [0.1, 0.15) is 5.15 Å². The number of halogens is 5. The second-order valence-electron chi connectivity index (χ2n) is 4.86. The molecule has 0 aromatic carbocycles. The summed E-state index contributed by atoms with van der Waals surface area (Å²) in [5, 5.41) is 3.77. The average molecular weight is 391 g/mol. The lowest BCUT2D eigenvalue weighted by Gasteiger charge is -2.07. The molecule has 0 bridgehead atoms. The van der Waals surface area contributed by atoms with Gasteiger partial charge in [0, 0.05) is 17.8 Å². The highest BCUT2D eigenvalue weighted by Crippen LogP contribution is 2.29. The van der Waals surface area contributed by atoms with E-state index < -0.39 is 17.6 Å². The smallest absolute Gasteiger partial charge is 0.329 e. The molecule has 0 radical (unpaired) electrons. The minimum atomic E-state index is -4.75. The molecule has 0 aliphatic heterocycles. The van der Waals surface area contributed by atoms with Gasteiger partial charge in [0.05, 0.1) is 17.3 Å². The minimum absolute atomic E-state index is 0.0402. The van der Waals surface area contributed by atoms with Gasteiger partial charge >= 0.3 is 12.1 Å². The van der Waals surface area contributed by atoms with Crippen LogP contribution in [0.15, 0.2) is 39.8 Å². The summed E-state index contributed by atoms with van der Waals surface area (Å²) in [7, 11) is 0. The summed E-state index contributed by atoms with van der Waals surface area (Å²) >= 11 is 11.8. The summed E-state index contributed by atoms with van der Waals surface area (Å²) in [6.45, 7) is 0.0402. The molecule has 3 aromatic heterocycles. The fourth-order valence-corrected chi connectivity index (χ4v) is 2.29. The molecule has 0 atom stereocenters. The van der Waals surface area contributed by atoms with Gasteiger partial charge in [-0.15, -0.1) is 0 Å². The van der Waals surface area contributed by atoms with E-state index in [2.05, 4.69) is 19.6 Å². The second kappa shape index (κ2) is 6.49. The lowest BCUT2D eigenvalue weighted by molar-refractivity contribution is -0.159. The van der Waals surface area contributed by atoms with Gasteiger partial charge in [-0.3, -0.25) is 4.79 Å². The summed E-state index contributed by atoms with van der Waals surface area (Å²) in [6, 6.07) is 5.52. The maximum Gasteiger partial charge on any atom is 0.471 e. The first-order chi connectivity index (χ1) is 11.7. The van der Waals surface area contributed by atoms with Crippen LogP contribution in [0.3, 0.4) is 0 Å². The van der Waals surface area contributed by atoms with Crippen LogP contribution in [-0.4, -0.2) is 19.7 Å². The maximum absolute atomic E-state index is 12.5. The number of alkyl halides is 3. The van der Waals surface area contributed by atoms with Gasteiger partial charge in [0.2, 0.25) is 5.82 Å². The van der Waals surface area contributed by atoms with Gasteiger partial charge in [-0.25, -0.2) is 4.98 Å². The Labute approximate surface area is 147 Å². The molecule has 0 aliphatic rings. The number of aromatic nitrogens is 4. The molecule has 0 fully saturated rings. The Morgan fingerprint density at radius 3 is 2.56 bits per heavy atom. The van der Waals surface area contributed by atoms with E-state index in [4.69, 9.17) is 23.2 Å². The minimum Gasteiger partial charge on any atom is -0.329 e. The lowest BCUT2D eigenvalue weighted by Crippen LogP contribution is -2.20. The third-order valence-corrected chi connectivity index (χ3v) is 3.68. The molecule has 0 unspecified atom stereocenters. The van der Waals surface area contributed by atoms with Crippen LogP contribution >= 0.6 is 23.2 Å². The zero-order valence-electron chi connectivity index (χ0n) is 12.1. The number of rotatable bonds is 3. The normalized spacial score (nSPS) is 11.7. The summed E-state index contributed by atoms with van der Waals surface area (Å²) in [6.07, 6.45) is -3.39. The Morgan fingerprint density at radius 2 is 1.92 bits per heavy atom. The standard InChI is InChI=1S/C14H7Cl2F3N4O2/c15-8-1-2-10(16)20-9(8)6-23-4-3-7(5-11(23)24)12-21-13(25-22-12)14(17,18)19/h1-5H,6H2. The molecule has 3 heterocycles. The molecule has 0 N–H and O–H groups in total. The van der Waals surface area contributed by atoms with Gasteiger partial charge in [0.25, 0.3) is 5.56 Å². The van der Waals surface area contributed by atoms with Crippen LogP contribution in [-0.2, 0) is 12.7 Å². The quantitative estimate of drug-likeness (QED) is 0.637. The van der Waals surface area contributed by atoms with Crippen LogP contribution < -0.4 is 5.56 Å². The van der Waals surface area contributed by atoms with Crippen molar-refractivity contribution < 1.29 is 17.7 Å². The van der Waals surface area contributed by atoms with E-state index >= 15 is 0 Å². The summed E-state index contributed by atoms with van der Waals surface area (Å²) in [5.74, 6) is -1.82. The van der Waals surface area contributed by atoms with Crippen LogP contribution in [0.25, 0.3) is 11.4 Å². The molecule has 6 nitrogen and oxygen atoms in total. The van der Waals surface area contributed by atoms with Crippen LogP contribution in [0.5, 0.6) is 0 Å². The second-order valence-corrected chi connectivity index (χ2v) is 5.66. The lowest BCUT2D eigenvalue weighted by atomic mass is 10.2. The average Bonchev–Trinajstić information content (AvgIpc) is 3.03. The molecular formula is C14H7Cl2F3N4O2. The van der Waals surface area contributed by atoms with Crippen molar-refractivity contribution in [2.75, 3.05) is 0 Å². The molecule has 0 amide bonds. The molecule has 11 heteroatoms. The largest absolute Gasteiger partial charge is 0.471 e. The third-order valence-electron chi connectivity index (χ3n) is 3.13. The van der Waals surface area contributed by atoms with E-state index in [0.29, 0.717) is 10.7 Å². The maximum atomic E-state index is 12.5. The van der Waals surface area contributed by atoms with E-state index in [1.165, 1.54) is 22.9 Å². The van der Waals surface area contributed by atoms with E-state index in [9.17, 15) is 18.0 Å². The molecule has 25 heavy (non-hydrogen) atoms. The molecule has 3 rings (SSSR count). The fraction of sp³-hybridized carbons (Fsp3) is 0.143. The Kier molecular flexibility index (Phi) is 4.53. The first-order valence-electron chi connectivity index (χ1n) is 6.67. The van der Waals surface area contributed by atoms with Crippen LogP contribution in [0.1, 0.15) is 11.6 Å². The van der Waals surface area contributed by atoms with Crippen LogP contribution in [0, 0.1) is 0 Å². The Balaban J connectivity index is 1.90. The fourth-order valence-electron chi connectivity index (χ4n) is 1.96. The number of pyridine rings is 2. The SMILES string of the molecule is O=c1cc(-c2noc(C(F)(F)F)n2)ccn1Cc1nc(Cl)ccc1Cl. The first-order valence-corrected chi connectivity index (χ1v) is 7.42. The van der Waals surface area contributed by atoms with E-state index in [0.717, 1.165) is 6.07 Å². The van der Waals surface area contributed by atoms with Crippen molar-refractivity contribution in [2.24, 2.45) is 0 Å². The van der Waals surface area contributed by atoms with Crippen molar-refractivity contribution in [3.8, 4) is 11.4 Å². The van der Waals surface area contributed by atoms with Gasteiger partial charge in [-0.1, -0.05) is 28.4 Å². The van der Waals surface area contributed by atoms with Crippen LogP contribution in [0.4, 0.5) is 13.2 Å². The van der Waals surface area contributed by atoms with E-state index in [1.807, 2.05) is 0 Å². The molecule has 0 saturated carbocycles. The number of hydrogen-bond donors (Lipinski definition) is 0. The van der Waals surface area contributed by atoms with E-state index in [-0.39, 0.29) is 23.1 Å². The van der Waals surface area contributed by atoms with Crippen molar-refractivity contribution in [3.63, 3.8) is 0 Å². The predicted molar refractivity (Wildman–Crippen MR) is 82.4 cm³/mol. The summed E-state index contributed by atoms with van der Waals surface area (Å²) in [5.41, 5.74) is -0.0395. The third kappa shape index (κ3) is 3.83. The van der Waals surface area contributed by atoms with Crippen molar-refractivity contribution in [3.05, 3.63) is 62.6 Å². The topological polar surface area (TPSA) is 73.8 Å². The first kappa shape index (κ1) is 17.4. The molecular weight excluding hydrogens is 384 g/mol. The molecule has 130 valence electrons. The highest BCUT2D eigenvalue weighted by Gasteiger charge is 2.38. The highest BCUT2D eigenvalue weighted by molar-refractivity contribution is 6.32. The van der Waals surface area contributed by atoms with Crippen molar-refractivity contribution >= 4 is 23.2 Å². The zero-order valence-corrected chi connectivity index (χ0v) is 13.6. The van der Waals surface area contributed by atoms with Crippen molar-refractivity contribution in [1.29, 1.82) is 0 Å². The molecule has 0 spiro atoms. The highest BCUT2D eigenvalue weighted by atomic mass is 35.5. The summed E-state index contributed by atoms with van der Waals surface area (Å²) in [4.78, 5) is 19.4. The van der Waals surface area contributed by atoms with Gasteiger partial charge in [0.15, 0.2) is 0 Å². The Hall–Kier alpha value is -2.39. The van der Waals surface area contributed by atoms with Gasteiger partial charge in [-0.2, -0.15) is 18.2 Å². The van der Waals surface area contributed by atoms with Gasteiger partial charge < -0.3 is 9.09 Å². The van der Waals surface area contributed by atoms with Gasteiger partial charge in [-0.05, 0) is 18.2 Å². The number of hydrogen-bond acceptors (Lipinski definition) is 5. The van der Waals surface area contributed by atoms with Crippen molar-refractivity contribution in [2.45, 2.75) is 12.7 Å². The zero-order chi connectivity index (χ0) is 18.2. The van der Waals surface area contributed by atoms with Crippen molar-refractivity contribution in [1.82, 2.24) is 19.7 Å². The summed E-state index contributed by atoms with van der Waals surface area (Å²) < 4.78 is 42.8. The monoisotopic (exact) mass is 390 g/mol. The van der Waals surface area contributed by atoms with Crippen LogP contribution in [0.2, 0.25) is 10.2 Å².